The molecule has 0 radical (unpaired) electrons. The van der Waals surface area contributed by atoms with Crippen LogP contribution in [0.1, 0.15) is 37.3 Å². The van der Waals surface area contributed by atoms with E-state index in [0.29, 0.717) is 12.4 Å². The SMILES string of the molecule is CCNC(=NCc1ccc(OC)nc1)NCC1(c2ccccc2)CCC1. The summed E-state index contributed by atoms with van der Waals surface area (Å²) in [6, 6.07) is 14.7. The van der Waals surface area contributed by atoms with E-state index in [0.717, 1.165) is 24.6 Å². The molecule has 0 aliphatic heterocycles. The van der Waals surface area contributed by atoms with Crippen molar-refractivity contribution in [3.05, 3.63) is 59.8 Å². The molecule has 0 bridgehead atoms. The van der Waals surface area contributed by atoms with Gasteiger partial charge in [-0.15, -0.1) is 0 Å². The Balaban J connectivity index is 1.64. The molecule has 1 heterocycles. The molecule has 5 heteroatoms. The lowest BCUT2D eigenvalue weighted by molar-refractivity contribution is 0.244. The maximum atomic E-state index is 5.10. The van der Waals surface area contributed by atoms with E-state index in [2.05, 4.69) is 52.9 Å². The monoisotopic (exact) mass is 352 g/mol. The van der Waals surface area contributed by atoms with Crippen LogP contribution in [-0.2, 0) is 12.0 Å². The molecule has 26 heavy (non-hydrogen) atoms. The van der Waals surface area contributed by atoms with Crippen LogP contribution in [0.3, 0.4) is 0 Å². The highest BCUT2D eigenvalue weighted by atomic mass is 16.5. The van der Waals surface area contributed by atoms with E-state index < -0.39 is 0 Å². The van der Waals surface area contributed by atoms with Gasteiger partial charge in [0.15, 0.2) is 5.96 Å². The molecular weight excluding hydrogens is 324 g/mol. The van der Waals surface area contributed by atoms with Crippen LogP contribution in [0.15, 0.2) is 53.7 Å². The van der Waals surface area contributed by atoms with Crippen molar-refractivity contribution in [1.29, 1.82) is 0 Å². The quantitative estimate of drug-likeness (QED) is 0.593. The second kappa shape index (κ2) is 8.70. The average molecular weight is 352 g/mol. The lowest BCUT2D eigenvalue weighted by atomic mass is 9.64. The summed E-state index contributed by atoms with van der Waals surface area (Å²) in [6.07, 6.45) is 5.56. The van der Waals surface area contributed by atoms with Crippen molar-refractivity contribution >= 4 is 5.96 Å². The summed E-state index contributed by atoms with van der Waals surface area (Å²) in [5, 5.41) is 6.89. The molecular formula is C21H28N4O. The molecule has 1 fully saturated rings. The van der Waals surface area contributed by atoms with Crippen LogP contribution in [0.25, 0.3) is 0 Å². The van der Waals surface area contributed by atoms with Gasteiger partial charge in [0.05, 0.1) is 13.7 Å². The number of aromatic nitrogens is 1. The molecule has 0 unspecified atom stereocenters. The molecule has 1 aromatic heterocycles. The molecule has 0 amide bonds. The van der Waals surface area contributed by atoms with Gasteiger partial charge in [0.2, 0.25) is 5.88 Å². The maximum Gasteiger partial charge on any atom is 0.212 e. The Kier molecular flexibility index (Phi) is 6.10. The number of nitrogens with one attached hydrogen (secondary N) is 2. The number of pyridine rings is 1. The molecule has 1 saturated carbocycles. The number of methoxy groups -OCH3 is 1. The Morgan fingerprint density at radius 3 is 2.54 bits per heavy atom. The molecule has 0 saturated heterocycles. The van der Waals surface area contributed by atoms with Gasteiger partial charge in [-0.05, 0) is 30.9 Å². The van der Waals surface area contributed by atoms with Crippen molar-refractivity contribution in [1.82, 2.24) is 15.6 Å². The first kappa shape index (κ1) is 18.2. The fourth-order valence-corrected chi connectivity index (χ4v) is 3.35. The zero-order valence-electron chi connectivity index (χ0n) is 15.7. The Morgan fingerprint density at radius 2 is 1.96 bits per heavy atom. The van der Waals surface area contributed by atoms with Crippen molar-refractivity contribution in [3.8, 4) is 5.88 Å². The van der Waals surface area contributed by atoms with Crippen molar-refractivity contribution in [2.75, 3.05) is 20.2 Å². The predicted octanol–water partition coefficient (Wildman–Crippen LogP) is 3.27. The van der Waals surface area contributed by atoms with Crippen molar-refractivity contribution in [3.63, 3.8) is 0 Å². The third-order valence-corrected chi connectivity index (χ3v) is 5.06. The molecule has 3 rings (SSSR count). The fraction of sp³-hybridized carbons (Fsp3) is 0.429. The van der Waals surface area contributed by atoms with E-state index in [1.54, 1.807) is 7.11 Å². The Bertz CT molecular complexity index is 709. The van der Waals surface area contributed by atoms with E-state index in [9.17, 15) is 0 Å². The van der Waals surface area contributed by atoms with Crippen LogP contribution in [0.5, 0.6) is 5.88 Å². The van der Waals surface area contributed by atoms with Gasteiger partial charge in [0.1, 0.15) is 0 Å². The third-order valence-electron chi connectivity index (χ3n) is 5.06. The number of aliphatic imine (C=N–C) groups is 1. The van der Waals surface area contributed by atoms with Crippen LogP contribution in [-0.4, -0.2) is 31.1 Å². The average Bonchev–Trinajstić information content (AvgIpc) is 2.66. The molecule has 1 aromatic carbocycles. The summed E-state index contributed by atoms with van der Waals surface area (Å²) >= 11 is 0. The Labute approximate surface area is 155 Å². The third kappa shape index (κ3) is 4.34. The number of hydrogen-bond acceptors (Lipinski definition) is 3. The second-order valence-electron chi connectivity index (χ2n) is 6.76. The lowest BCUT2D eigenvalue weighted by Crippen LogP contribution is -2.48. The molecule has 1 aliphatic rings. The standard InChI is InChI=1S/C21H28N4O/c1-3-22-20(24-15-17-10-11-19(26-2)23-14-17)25-16-21(12-7-13-21)18-8-5-4-6-9-18/h4-6,8-11,14H,3,7,12-13,15-16H2,1-2H3,(H2,22,24,25). The maximum absolute atomic E-state index is 5.10. The zero-order chi connectivity index (χ0) is 18.2. The summed E-state index contributed by atoms with van der Waals surface area (Å²) in [6.45, 7) is 4.42. The highest BCUT2D eigenvalue weighted by molar-refractivity contribution is 5.79. The molecule has 5 nitrogen and oxygen atoms in total. The van der Waals surface area contributed by atoms with Gasteiger partial charge in [0.25, 0.3) is 0 Å². The van der Waals surface area contributed by atoms with Gasteiger partial charge >= 0.3 is 0 Å². The van der Waals surface area contributed by atoms with Crippen molar-refractivity contribution < 1.29 is 4.74 Å². The van der Waals surface area contributed by atoms with Crippen LogP contribution in [0, 0.1) is 0 Å². The van der Waals surface area contributed by atoms with E-state index in [1.807, 2.05) is 18.3 Å². The van der Waals surface area contributed by atoms with Gasteiger partial charge in [0, 0.05) is 30.8 Å². The first-order valence-corrected chi connectivity index (χ1v) is 9.32. The van der Waals surface area contributed by atoms with E-state index in [-0.39, 0.29) is 5.41 Å². The normalized spacial score (nSPS) is 15.8. The van der Waals surface area contributed by atoms with Gasteiger partial charge in [-0.2, -0.15) is 0 Å². The van der Waals surface area contributed by atoms with E-state index in [4.69, 9.17) is 9.73 Å². The molecule has 0 spiro atoms. The predicted molar refractivity (Wildman–Crippen MR) is 106 cm³/mol. The van der Waals surface area contributed by atoms with E-state index >= 15 is 0 Å². The van der Waals surface area contributed by atoms with E-state index in [1.165, 1.54) is 24.8 Å². The number of ether oxygens (including phenoxy) is 1. The van der Waals surface area contributed by atoms with Crippen LogP contribution in [0.4, 0.5) is 0 Å². The molecule has 0 atom stereocenters. The Morgan fingerprint density at radius 1 is 1.15 bits per heavy atom. The van der Waals surface area contributed by atoms with Gasteiger partial charge in [-0.3, -0.25) is 0 Å². The zero-order valence-corrected chi connectivity index (χ0v) is 15.7. The first-order valence-electron chi connectivity index (χ1n) is 9.32. The minimum absolute atomic E-state index is 0.235. The number of hydrogen-bond donors (Lipinski definition) is 2. The Hall–Kier alpha value is -2.56. The summed E-state index contributed by atoms with van der Waals surface area (Å²) in [7, 11) is 1.62. The van der Waals surface area contributed by atoms with Gasteiger partial charge in [-0.1, -0.05) is 42.8 Å². The number of rotatable bonds is 7. The van der Waals surface area contributed by atoms with Crippen molar-refractivity contribution in [2.45, 2.75) is 38.1 Å². The highest BCUT2D eigenvalue weighted by Gasteiger charge is 2.38. The summed E-state index contributed by atoms with van der Waals surface area (Å²) in [4.78, 5) is 8.94. The minimum Gasteiger partial charge on any atom is -0.481 e. The lowest BCUT2D eigenvalue weighted by Gasteiger charge is -2.43. The number of nitrogens with zero attached hydrogens (tertiary/aromatic N) is 2. The van der Waals surface area contributed by atoms with Crippen LogP contribution >= 0.6 is 0 Å². The number of benzene rings is 1. The first-order chi connectivity index (χ1) is 12.8. The van der Waals surface area contributed by atoms with Gasteiger partial charge < -0.3 is 15.4 Å². The smallest absolute Gasteiger partial charge is 0.212 e. The van der Waals surface area contributed by atoms with Gasteiger partial charge in [-0.25, -0.2) is 9.98 Å². The largest absolute Gasteiger partial charge is 0.481 e. The number of guanidine groups is 1. The highest BCUT2D eigenvalue weighted by Crippen LogP contribution is 2.43. The molecule has 2 aromatic rings. The summed E-state index contributed by atoms with van der Waals surface area (Å²) in [5.74, 6) is 1.48. The van der Waals surface area contributed by atoms with Crippen molar-refractivity contribution in [2.24, 2.45) is 4.99 Å². The summed E-state index contributed by atoms with van der Waals surface area (Å²) < 4.78 is 5.10. The summed E-state index contributed by atoms with van der Waals surface area (Å²) in [5.41, 5.74) is 2.72. The van der Waals surface area contributed by atoms with Crippen LogP contribution < -0.4 is 15.4 Å². The molecule has 2 N–H and O–H groups in total. The fourth-order valence-electron chi connectivity index (χ4n) is 3.35. The second-order valence-corrected chi connectivity index (χ2v) is 6.76. The molecule has 138 valence electrons. The molecule has 1 aliphatic carbocycles. The minimum atomic E-state index is 0.235. The van der Waals surface area contributed by atoms with Crippen LogP contribution in [0.2, 0.25) is 0 Å². The topological polar surface area (TPSA) is 58.5 Å².